The van der Waals surface area contributed by atoms with Gasteiger partial charge in [-0.15, -0.1) is 0 Å². The summed E-state index contributed by atoms with van der Waals surface area (Å²) in [6.07, 6.45) is 14.3. The zero-order valence-electron chi connectivity index (χ0n) is 8.49. The molecule has 1 heteroatoms. The molecule has 13 heavy (non-hydrogen) atoms. The van der Waals surface area contributed by atoms with Crippen LogP contribution in [-0.2, 0) is 0 Å². The molecule has 0 radical (unpaired) electrons. The Hall–Kier alpha value is -0.560. The molecule has 0 saturated heterocycles. The minimum Gasteiger partial charge on any atom is -0.179 e. The molecule has 1 aliphatic rings. The van der Waals surface area contributed by atoms with Gasteiger partial charge in [-0.25, -0.2) is 0 Å². The van der Waals surface area contributed by atoms with Gasteiger partial charge in [0.15, 0.2) is 0 Å². The maximum atomic E-state index is 2.29. The molecule has 0 N–H and O–H groups in total. The highest BCUT2D eigenvalue weighted by molar-refractivity contribution is 8.16. The van der Waals surface area contributed by atoms with Crippen LogP contribution in [0.3, 0.4) is 0 Å². The molecule has 1 aliphatic heterocycles. The van der Waals surface area contributed by atoms with E-state index in [1.807, 2.05) is 0 Å². The Morgan fingerprint density at radius 2 is 1.92 bits per heavy atom. The van der Waals surface area contributed by atoms with Crippen LogP contribution < -0.4 is 0 Å². The van der Waals surface area contributed by atoms with Crippen molar-refractivity contribution >= 4 is 15.3 Å². The number of hydrogen-bond donors (Lipinski definition) is 0. The molecule has 0 aromatic rings. The predicted molar refractivity (Wildman–Crippen MR) is 65.7 cm³/mol. The minimum atomic E-state index is 0.474. The fraction of sp³-hybridized carbons (Fsp3) is 0.417. The predicted octanol–water partition coefficient (Wildman–Crippen LogP) is 3.54. The van der Waals surface area contributed by atoms with Crippen molar-refractivity contribution in [3.63, 3.8) is 0 Å². The summed E-state index contributed by atoms with van der Waals surface area (Å²) in [7, 11) is 0.474. The molecule has 0 amide bonds. The molecule has 0 nitrogen and oxygen atoms in total. The Balaban J connectivity index is 2.92. The molecule has 0 spiro atoms. The Bertz CT molecular complexity index is 267. The standard InChI is InChI=1S/C12H18S/c1-3-12-10-8-6-5-7-9-11-13(12)4-2/h5-10H,3-4,11H2,1-2H3. The first kappa shape index (κ1) is 10.5. The summed E-state index contributed by atoms with van der Waals surface area (Å²) in [5.41, 5.74) is 0. The van der Waals surface area contributed by atoms with Gasteiger partial charge in [-0.2, -0.15) is 10.5 Å². The third kappa shape index (κ3) is 3.35. The van der Waals surface area contributed by atoms with Crippen molar-refractivity contribution in [2.24, 2.45) is 0 Å². The lowest BCUT2D eigenvalue weighted by Gasteiger charge is -2.08. The fourth-order valence-corrected chi connectivity index (χ4v) is 3.21. The van der Waals surface area contributed by atoms with E-state index >= 15 is 0 Å². The highest BCUT2D eigenvalue weighted by Gasteiger charge is 1.97. The van der Waals surface area contributed by atoms with E-state index in [1.54, 1.807) is 4.86 Å². The quantitative estimate of drug-likeness (QED) is 0.590. The van der Waals surface area contributed by atoms with Gasteiger partial charge < -0.3 is 0 Å². The van der Waals surface area contributed by atoms with Gasteiger partial charge in [0.2, 0.25) is 0 Å². The van der Waals surface area contributed by atoms with E-state index in [0.29, 0.717) is 10.5 Å². The van der Waals surface area contributed by atoms with E-state index in [1.165, 1.54) is 17.9 Å². The third-order valence-electron chi connectivity index (χ3n) is 2.12. The van der Waals surface area contributed by atoms with Crippen LogP contribution >= 0.6 is 10.5 Å². The maximum absolute atomic E-state index is 2.29. The summed E-state index contributed by atoms with van der Waals surface area (Å²) in [4.78, 5) is 1.61. The van der Waals surface area contributed by atoms with Crippen LogP contribution in [0.15, 0.2) is 36.5 Å². The van der Waals surface area contributed by atoms with E-state index in [-0.39, 0.29) is 0 Å². The summed E-state index contributed by atoms with van der Waals surface area (Å²) in [5, 5.41) is 0. The normalized spacial score (nSPS) is 22.6. The van der Waals surface area contributed by atoms with Crippen molar-refractivity contribution in [3.05, 3.63) is 36.5 Å². The lowest BCUT2D eigenvalue weighted by Crippen LogP contribution is -1.95. The maximum Gasteiger partial charge on any atom is 0.00688 e. The van der Waals surface area contributed by atoms with Crippen LogP contribution in [0, 0.1) is 0 Å². The van der Waals surface area contributed by atoms with E-state index in [2.05, 4.69) is 50.3 Å². The molecule has 0 aromatic heterocycles. The van der Waals surface area contributed by atoms with Crippen molar-refractivity contribution in [2.45, 2.75) is 20.3 Å². The van der Waals surface area contributed by atoms with Gasteiger partial charge in [-0.3, -0.25) is 0 Å². The van der Waals surface area contributed by atoms with E-state index in [4.69, 9.17) is 0 Å². The first-order chi connectivity index (χ1) is 6.38. The average molecular weight is 194 g/mol. The SMILES string of the molecule is CCC1=S(CC)CC=CC=CC=C1. The Morgan fingerprint density at radius 3 is 2.62 bits per heavy atom. The van der Waals surface area contributed by atoms with Crippen molar-refractivity contribution in [3.8, 4) is 0 Å². The Labute approximate surface area is 84.0 Å². The average Bonchev–Trinajstić information content (AvgIpc) is 2.28. The van der Waals surface area contributed by atoms with Crippen LogP contribution in [0.5, 0.6) is 0 Å². The topological polar surface area (TPSA) is 0 Å². The highest BCUT2D eigenvalue weighted by Crippen LogP contribution is 2.18. The molecule has 72 valence electrons. The van der Waals surface area contributed by atoms with E-state index < -0.39 is 0 Å². The molecular formula is C12H18S. The van der Waals surface area contributed by atoms with Crippen LogP contribution in [0.25, 0.3) is 0 Å². The smallest absolute Gasteiger partial charge is 0.00688 e. The summed E-state index contributed by atoms with van der Waals surface area (Å²) < 4.78 is 0. The molecule has 1 rings (SSSR count). The van der Waals surface area contributed by atoms with Crippen LogP contribution in [0.4, 0.5) is 0 Å². The first-order valence-corrected chi connectivity index (χ1v) is 6.48. The van der Waals surface area contributed by atoms with Gasteiger partial charge in [0.1, 0.15) is 0 Å². The molecule has 0 aliphatic carbocycles. The lowest BCUT2D eigenvalue weighted by atomic mass is 10.3. The van der Waals surface area contributed by atoms with Crippen molar-refractivity contribution in [1.29, 1.82) is 0 Å². The van der Waals surface area contributed by atoms with Gasteiger partial charge in [-0.05, 0) is 17.0 Å². The third-order valence-corrected chi connectivity index (χ3v) is 4.57. The summed E-state index contributed by atoms with van der Waals surface area (Å²) in [6.45, 7) is 4.53. The van der Waals surface area contributed by atoms with Crippen molar-refractivity contribution in [1.82, 2.24) is 0 Å². The van der Waals surface area contributed by atoms with E-state index in [0.717, 1.165) is 0 Å². The molecule has 0 saturated carbocycles. The van der Waals surface area contributed by atoms with Gasteiger partial charge in [0.05, 0.1) is 0 Å². The number of hydrogen-bond acceptors (Lipinski definition) is 0. The van der Waals surface area contributed by atoms with Crippen molar-refractivity contribution < 1.29 is 0 Å². The van der Waals surface area contributed by atoms with Gasteiger partial charge in [0, 0.05) is 5.75 Å². The second-order valence-electron chi connectivity index (χ2n) is 2.94. The largest absolute Gasteiger partial charge is 0.179 e. The molecule has 0 fully saturated rings. The molecule has 0 bridgehead atoms. The monoisotopic (exact) mass is 194 g/mol. The highest BCUT2D eigenvalue weighted by atomic mass is 32.2. The summed E-state index contributed by atoms with van der Waals surface area (Å²) >= 11 is 0. The summed E-state index contributed by atoms with van der Waals surface area (Å²) in [5.74, 6) is 2.49. The van der Waals surface area contributed by atoms with E-state index in [9.17, 15) is 0 Å². The molecule has 1 atom stereocenters. The molecular weight excluding hydrogens is 176 g/mol. The Kier molecular flexibility index (Phi) is 4.84. The number of allylic oxidation sites excluding steroid dienone is 5. The van der Waals surface area contributed by atoms with Gasteiger partial charge >= 0.3 is 0 Å². The summed E-state index contributed by atoms with van der Waals surface area (Å²) in [6, 6.07) is 0. The molecule has 0 aromatic carbocycles. The minimum absolute atomic E-state index is 0.474. The van der Waals surface area contributed by atoms with Crippen LogP contribution in [0.1, 0.15) is 20.3 Å². The van der Waals surface area contributed by atoms with Crippen LogP contribution in [0.2, 0.25) is 0 Å². The van der Waals surface area contributed by atoms with Crippen LogP contribution in [-0.4, -0.2) is 16.4 Å². The first-order valence-electron chi connectivity index (χ1n) is 4.91. The second kappa shape index (κ2) is 5.98. The van der Waals surface area contributed by atoms with Crippen molar-refractivity contribution in [2.75, 3.05) is 11.5 Å². The zero-order valence-corrected chi connectivity index (χ0v) is 9.31. The number of rotatable bonds is 2. The van der Waals surface area contributed by atoms with Gasteiger partial charge in [0.25, 0.3) is 0 Å². The van der Waals surface area contributed by atoms with Gasteiger partial charge in [-0.1, -0.05) is 50.3 Å². The lowest BCUT2D eigenvalue weighted by molar-refractivity contribution is 1.32. The molecule has 1 unspecified atom stereocenters. The molecule has 1 heterocycles. The Morgan fingerprint density at radius 1 is 1.15 bits per heavy atom. The zero-order chi connectivity index (χ0) is 9.52. The fourth-order valence-electron chi connectivity index (χ4n) is 1.37. The second-order valence-corrected chi connectivity index (χ2v) is 5.36.